The van der Waals surface area contributed by atoms with Gasteiger partial charge in [-0.05, 0) is 30.2 Å². The largest absolute Gasteiger partial charge is 0.508 e. The minimum Gasteiger partial charge on any atom is -0.508 e. The van der Waals surface area contributed by atoms with E-state index in [1.807, 2.05) is 0 Å². The van der Waals surface area contributed by atoms with Gasteiger partial charge in [0.15, 0.2) is 0 Å². The number of nitrogens with zero attached hydrogens (tertiary/aromatic N) is 1. The Hall–Kier alpha value is -2.87. The number of aryl methyl sites for hydroxylation is 1. The lowest BCUT2D eigenvalue weighted by atomic mass is 10.0. The fourth-order valence-electron chi connectivity index (χ4n) is 3.04. The maximum atomic E-state index is 13.7. The molecule has 0 fully saturated rings. The van der Waals surface area contributed by atoms with E-state index in [0.29, 0.717) is 22.2 Å². The molecule has 4 nitrogen and oxygen atoms in total. The summed E-state index contributed by atoms with van der Waals surface area (Å²) in [6, 6.07) is 9.23. The zero-order valence-electron chi connectivity index (χ0n) is 13.9. The van der Waals surface area contributed by atoms with Crippen LogP contribution in [-0.4, -0.2) is 10.1 Å². The molecule has 4 rings (SSSR count). The van der Waals surface area contributed by atoms with Crippen molar-refractivity contribution in [2.45, 2.75) is 19.5 Å². The number of alkyl halides is 3. The Morgan fingerprint density at radius 1 is 1.22 bits per heavy atom. The van der Waals surface area contributed by atoms with Gasteiger partial charge >= 0.3 is 6.18 Å². The van der Waals surface area contributed by atoms with Gasteiger partial charge in [-0.2, -0.15) is 13.2 Å². The van der Waals surface area contributed by atoms with Gasteiger partial charge in [0, 0.05) is 6.07 Å². The van der Waals surface area contributed by atoms with Crippen molar-refractivity contribution in [1.29, 1.82) is 0 Å². The van der Waals surface area contributed by atoms with E-state index in [-0.39, 0.29) is 21.7 Å². The highest BCUT2D eigenvalue weighted by Gasteiger charge is 2.40. The third-order valence-electron chi connectivity index (χ3n) is 4.21. The summed E-state index contributed by atoms with van der Waals surface area (Å²) in [4.78, 5) is 17.3. The lowest BCUT2D eigenvalue weighted by Crippen LogP contribution is -2.17. The number of benzene rings is 2. The highest BCUT2D eigenvalue weighted by molar-refractivity contribution is 7.21. The van der Waals surface area contributed by atoms with Crippen LogP contribution < -0.4 is 5.43 Å². The SMILES string of the molecule is CCc1cc(O)cc2oc(C(F)(F)F)c(-c3nc4ccccc4s3)c(=O)c12. The topological polar surface area (TPSA) is 63.3 Å². The number of thiazole rings is 1. The van der Waals surface area contributed by atoms with Crippen LogP contribution in [0.25, 0.3) is 31.8 Å². The first-order chi connectivity index (χ1) is 12.8. The molecular weight excluding hydrogens is 379 g/mol. The van der Waals surface area contributed by atoms with Crippen molar-refractivity contribution in [2.24, 2.45) is 0 Å². The first-order valence-corrected chi connectivity index (χ1v) is 8.87. The van der Waals surface area contributed by atoms with Crippen LogP contribution in [-0.2, 0) is 12.6 Å². The van der Waals surface area contributed by atoms with E-state index in [1.54, 1.807) is 31.2 Å². The van der Waals surface area contributed by atoms with E-state index in [9.17, 15) is 23.1 Å². The third kappa shape index (κ3) is 2.86. The predicted octanol–water partition coefficient (Wildman–Crippen LogP) is 5.36. The Balaban J connectivity index is 2.16. The van der Waals surface area contributed by atoms with E-state index in [2.05, 4.69) is 4.98 Å². The standard InChI is InChI=1S/C19H12F3NO3S/c1-2-9-7-10(24)8-12-14(9)16(25)15(17(26-12)19(20,21)22)18-23-11-5-3-4-6-13(11)27-18/h3-8,24H,2H2,1H3. The van der Waals surface area contributed by atoms with Gasteiger partial charge in [-0.25, -0.2) is 4.98 Å². The van der Waals surface area contributed by atoms with Crippen LogP contribution in [0.5, 0.6) is 5.75 Å². The first kappa shape index (κ1) is 17.5. The molecule has 0 bridgehead atoms. The summed E-state index contributed by atoms with van der Waals surface area (Å²) >= 11 is 0.999. The molecule has 0 atom stereocenters. The van der Waals surface area contributed by atoms with Crippen LogP contribution >= 0.6 is 11.3 Å². The van der Waals surface area contributed by atoms with Crippen LogP contribution in [0.1, 0.15) is 18.2 Å². The summed E-state index contributed by atoms with van der Waals surface area (Å²) < 4.78 is 46.7. The van der Waals surface area contributed by atoms with Gasteiger partial charge in [-0.1, -0.05) is 19.1 Å². The summed E-state index contributed by atoms with van der Waals surface area (Å²) in [5.41, 5.74) is -0.786. The second-order valence-corrected chi connectivity index (χ2v) is 6.98. The van der Waals surface area contributed by atoms with Gasteiger partial charge in [-0.15, -0.1) is 11.3 Å². The Labute approximate surface area is 154 Å². The zero-order chi connectivity index (χ0) is 19.3. The maximum Gasteiger partial charge on any atom is 0.450 e. The number of phenols is 1. The molecule has 0 amide bonds. The minimum atomic E-state index is -4.89. The average molecular weight is 391 g/mol. The number of rotatable bonds is 2. The van der Waals surface area contributed by atoms with Gasteiger partial charge in [0.1, 0.15) is 21.9 Å². The molecule has 0 aliphatic heterocycles. The van der Waals surface area contributed by atoms with Gasteiger partial charge < -0.3 is 9.52 Å². The van der Waals surface area contributed by atoms with E-state index in [4.69, 9.17) is 4.42 Å². The molecule has 0 aliphatic rings. The molecule has 2 aromatic heterocycles. The second kappa shape index (κ2) is 6.09. The summed E-state index contributed by atoms with van der Waals surface area (Å²) in [5.74, 6) is -1.67. The van der Waals surface area contributed by atoms with Crippen molar-refractivity contribution < 1.29 is 22.7 Å². The van der Waals surface area contributed by atoms with Crippen molar-refractivity contribution in [3.05, 3.63) is 57.9 Å². The van der Waals surface area contributed by atoms with E-state index in [1.165, 1.54) is 6.07 Å². The van der Waals surface area contributed by atoms with Gasteiger partial charge in [0.2, 0.25) is 11.2 Å². The van der Waals surface area contributed by atoms with Crippen LogP contribution in [0.4, 0.5) is 13.2 Å². The molecule has 138 valence electrons. The van der Waals surface area contributed by atoms with Crippen molar-refractivity contribution in [2.75, 3.05) is 0 Å². The average Bonchev–Trinajstić information content (AvgIpc) is 3.03. The molecule has 27 heavy (non-hydrogen) atoms. The Morgan fingerprint density at radius 3 is 2.63 bits per heavy atom. The van der Waals surface area contributed by atoms with Crippen molar-refractivity contribution in [1.82, 2.24) is 4.98 Å². The monoisotopic (exact) mass is 391 g/mol. The summed E-state index contributed by atoms with van der Waals surface area (Å²) in [6.07, 6.45) is -4.54. The molecule has 0 spiro atoms. The number of hydrogen-bond donors (Lipinski definition) is 1. The van der Waals surface area contributed by atoms with Crippen LogP contribution in [0.3, 0.4) is 0 Å². The Morgan fingerprint density at radius 2 is 1.96 bits per heavy atom. The minimum absolute atomic E-state index is 0.0255. The number of hydrogen-bond acceptors (Lipinski definition) is 5. The lowest BCUT2D eigenvalue weighted by Gasteiger charge is -2.12. The van der Waals surface area contributed by atoms with Crippen LogP contribution in [0.15, 0.2) is 45.6 Å². The van der Waals surface area contributed by atoms with Gasteiger partial charge in [0.05, 0.1) is 15.6 Å². The number of phenolic OH excluding ortho intramolecular Hbond substituents is 1. The molecule has 0 unspecified atom stereocenters. The lowest BCUT2D eigenvalue weighted by molar-refractivity contribution is -0.152. The summed E-state index contributed by atoms with van der Waals surface area (Å²) in [7, 11) is 0. The highest BCUT2D eigenvalue weighted by atomic mass is 32.1. The van der Waals surface area contributed by atoms with Crippen molar-refractivity contribution in [3.8, 4) is 16.3 Å². The molecule has 0 saturated heterocycles. The fourth-order valence-corrected chi connectivity index (χ4v) is 4.04. The third-order valence-corrected chi connectivity index (χ3v) is 5.26. The smallest absolute Gasteiger partial charge is 0.450 e. The number of para-hydroxylation sites is 1. The molecule has 2 heterocycles. The summed E-state index contributed by atoms with van der Waals surface area (Å²) in [6.45, 7) is 1.74. The fraction of sp³-hybridized carbons (Fsp3) is 0.158. The molecular formula is C19H12F3NO3S. The maximum absolute atomic E-state index is 13.7. The summed E-state index contributed by atoms with van der Waals surface area (Å²) in [5, 5.41) is 9.73. The van der Waals surface area contributed by atoms with Crippen LogP contribution in [0.2, 0.25) is 0 Å². The second-order valence-electron chi connectivity index (χ2n) is 5.95. The number of halogens is 3. The highest BCUT2D eigenvalue weighted by Crippen LogP contribution is 2.40. The molecule has 0 radical (unpaired) electrons. The van der Waals surface area contributed by atoms with E-state index < -0.39 is 22.9 Å². The molecule has 0 aliphatic carbocycles. The number of aromatic hydroxyl groups is 1. The quantitative estimate of drug-likeness (QED) is 0.500. The molecule has 0 saturated carbocycles. The number of fused-ring (bicyclic) bond motifs is 2. The van der Waals surface area contributed by atoms with Crippen molar-refractivity contribution in [3.63, 3.8) is 0 Å². The predicted molar refractivity (Wildman–Crippen MR) is 97.1 cm³/mol. The van der Waals surface area contributed by atoms with E-state index in [0.717, 1.165) is 17.4 Å². The Kier molecular flexibility index (Phi) is 3.96. The Bertz CT molecular complexity index is 1210. The molecule has 8 heteroatoms. The van der Waals surface area contributed by atoms with Gasteiger partial charge in [0.25, 0.3) is 0 Å². The van der Waals surface area contributed by atoms with E-state index >= 15 is 0 Å². The molecule has 2 aromatic carbocycles. The number of aromatic nitrogens is 1. The van der Waals surface area contributed by atoms with Gasteiger partial charge in [-0.3, -0.25) is 4.79 Å². The zero-order valence-corrected chi connectivity index (χ0v) is 14.7. The first-order valence-electron chi connectivity index (χ1n) is 8.05. The molecule has 1 N–H and O–H groups in total. The van der Waals surface area contributed by atoms with Crippen LogP contribution in [0, 0.1) is 0 Å². The molecule has 4 aromatic rings. The normalized spacial score (nSPS) is 12.1. The van der Waals surface area contributed by atoms with Crippen molar-refractivity contribution >= 4 is 32.5 Å².